The second kappa shape index (κ2) is 10.1. The van der Waals surface area contributed by atoms with Gasteiger partial charge in [0.05, 0.1) is 10.9 Å². The molecule has 0 bridgehead atoms. The minimum absolute atomic E-state index is 0.00654. The van der Waals surface area contributed by atoms with Crippen LogP contribution in [0.3, 0.4) is 0 Å². The van der Waals surface area contributed by atoms with Gasteiger partial charge in [-0.25, -0.2) is 8.42 Å². The Labute approximate surface area is 188 Å². The molecular weight excluding hydrogens is 443 g/mol. The predicted molar refractivity (Wildman–Crippen MR) is 120 cm³/mol. The van der Waals surface area contributed by atoms with E-state index in [-0.39, 0.29) is 34.3 Å². The van der Waals surface area contributed by atoms with Gasteiger partial charge < -0.3 is 5.32 Å². The summed E-state index contributed by atoms with van der Waals surface area (Å²) in [6.07, 6.45) is 2.98. The van der Waals surface area contributed by atoms with Crippen molar-refractivity contribution in [1.82, 2.24) is 9.62 Å². The van der Waals surface area contributed by atoms with E-state index in [4.69, 9.17) is 23.2 Å². The van der Waals surface area contributed by atoms with Crippen LogP contribution in [0, 0.1) is 5.92 Å². The van der Waals surface area contributed by atoms with Crippen LogP contribution in [-0.2, 0) is 21.2 Å². The number of nitrogens with zero attached hydrogens (tertiary/aromatic N) is 1. The lowest BCUT2D eigenvalue weighted by molar-refractivity contribution is -0.126. The molecule has 162 valence electrons. The zero-order chi connectivity index (χ0) is 21.7. The number of carbonyl (C=O) groups is 1. The van der Waals surface area contributed by atoms with E-state index in [0.29, 0.717) is 24.4 Å². The Balaban J connectivity index is 1.61. The summed E-state index contributed by atoms with van der Waals surface area (Å²) in [4.78, 5) is 12.8. The third-order valence-corrected chi connectivity index (χ3v) is 7.95. The highest BCUT2D eigenvalue weighted by Crippen LogP contribution is 2.30. The number of rotatable bonds is 7. The molecule has 0 saturated carbocycles. The molecule has 8 heteroatoms. The monoisotopic (exact) mass is 468 g/mol. The highest BCUT2D eigenvalue weighted by molar-refractivity contribution is 7.89. The number of amides is 1. The number of hydrogen-bond acceptors (Lipinski definition) is 3. The first-order chi connectivity index (χ1) is 14.3. The summed E-state index contributed by atoms with van der Waals surface area (Å²) in [6.45, 7) is 2.48. The molecule has 2 atom stereocenters. The van der Waals surface area contributed by atoms with Crippen molar-refractivity contribution in [2.45, 2.75) is 43.5 Å². The largest absolute Gasteiger partial charge is 0.353 e. The first kappa shape index (κ1) is 23.1. The maximum absolute atomic E-state index is 13.1. The molecule has 0 unspecified atom stereocenters. The molecule has 5 nitrogen and oxygen atoms in total. The summed E-state index contributed by atoms with van der Waals surface area (Å²) < 4.78 is 27.5. The molecule has 1 aliphatic rings. The molecule has 1 N–H and O–H groups in total. The Morgan fingerprint density at radius 3 is 2.67 bits per heavy atom. The minimum Gasteiger partial charge on any atom is -0.353 e. The number of carbonyl (C=O) groups excluding carboxylic acids is 1. The van der Waals surface area contributed by atoms with Crippen LogP contribution >= 0.6 is 23.2 Å². The van der Waals surface area contributed by atoms with E-state index in [2.05, 4.69) is 17.4 Å². The number of halogens is 2. The molecule has 1 saturated heterocycles. The molecule has 30 heavy (non-hydrogen) atoms. The maximum Gasteiger partial charge on any atom is 0.244 e. The SMILES string of the molecule is C[C@@H](CCc1ccccc1)NC(=O)[C@@H]1CCCN(S(=O)(=O)c2cc(Cl)ccc2Cl)C1. The highest BCUT2D eigenvalue weighted by Gasteiger charge is 2.34. The third-order valence-electron chi connectivity index (χ3n) is 5.36. The molecule has 1 amide bonds. The van der Waals surface area contributed by atoms with Crippen molar-refractivity contribution in [3.8, 4) is 0 Å². The first-order valence-corrected chi connectivity index (χ1v) is 12.3. The van der Waals surface area contributed by atoms with E-state index < -0.39 is 10.0 Å². The summed E-state index contributed by atoms with van der Waals surface area (Å²) in [5, 5.41) is 3.47. The maximum atomic E-state index is 13.1. The predicted octanol–water partition coefficient (Wildman–Crippen LogP) is 4.53. The van der Waals surface area contributed by atoms with Gasteiger partial charge in [0.15, 0.2) is 0 Å². The van der Waals surface area contributed by atoms with Crippen LogP contribution < -0.4 is 5.32 Å². The fourth-order valence-corrected chi connectivity index (χ4v) is 5.91. The van der Waals surface area contributed by atoms with Crippen LogP contribution in [0.4, 0.5) is 0 Å². The van der Waals surface area contributed by atoms with E-state index >= 15 is 0 Å². The van der Waals surface area contributed by atoms with Gasteiger partial charge >= 0.3 is 0 Å². The molecule has 3 rings (SSSR count). The standard InChI is InChI=1S/C22H26Cl2N2O3S/c1-16(9-10-17-6-3-2-4-7-17)25-22(27)18-8-5-13-26(15-18)30(28,29)21-14-19(23)11-12-20(21)24/h2-4,6-7,11-12,14,16,18H,5,8-10,13,15H2,1H3,(H,25,27)/t16-,18+/m0/s1. The van der Waals surface area contributed by atoms with Crippen LogP contribution in [0.1, 0.15) is 31.7 Å². The second-order valence-corrected chi connectivity index (χ2v) is 10.5. The Bertz CT molecular complexity index is 983. The van der Waals surface area contributed by atoms with E-state index in [1.54, 1.807) is 6.07 Å². The number of sulfonamides is 1. The number of piperidine rings is 1. The first-order valence-electron chi connectivity index (χ1n) is 10.1. The fraction of sp³-hybridized carbons (Fsp3) is 0.409. The topological polar surface area (TPSA) is 66.5 Å². The molecule has 0 spiro atoms. The molecule has 0 radical (unpaired) electrons. The zero-order valence-corrected chi connectivity index (χ0v) is 19.2. The quantitative estimate of drug-likeness (QED) is 0.648. The highest BCUT2D eigenvalue weighted by atomic mass is 35.5. The smallest absolute Gasteiger partial charge is 0.244 e. The Hall–Kier alpha value is -1.60. The van der Waals surface area contributed by atoms with Crippen LogP contribution in [-0.4, -0.2) is 37.8 Å². The summed E-state index contributed by atoms with van der Waals surface area (Å²) in [5.74, 6) is -0.488. The average molecular weight is 469 g/mol. The van der Waals surface area contributed by atoms with Crippen LogP contribution in [0.25, 0.3) is 0 Å². The number of aryl methyl sites for hydroxylation is 1. The number of hydrogen-bond donors (Lipinski definition) is 1. The van der Waals surface area contributed by atoms with Gasteiger partial charge in [-0.3, -0.25) is 4.79 Å². The summed E-state index contributed by atoms with van der Waals surface area (Å²) >= 11 is 12.1. The lowest BCUT2D eigenvalue weighted by Gasteiger charge is -2.32. The van der Waals surface area contributed by atoms with Gasteiger partial charge in [-0.15, -0.1) is 0 Å². The molecule has 0 aromatic heterocycles. The van der Waals surface area contributed by atoms with Gasteiger partial charge in [0.2, 0.25) is 15.9 Å². The van der Waals surface area contributed by atoms with Gasteiger partial charge in [-0.05, 0) is 56.4 Å². The Morgan fingerprint density at radius 1 is 1.20 bits per heavy atom. The summed E-state index contributed by atoms with van der Waals surface area (Å²) in [6, 6.07) is 14.5. The summed E-state index contributed by atoms with van der Waals surface area (Å²) in [5.41, 5.74) is 1.23. The van der Waals surface area contributed by atoms with Crippen LogP contribution in [0.15, 0.2) is 53.4 Å². The van der Waals surface area contributed by atoms with Gasteiger partial charge in [0.25, 0.3) is 0 Å². The van der Waals surface area contributed by atoms with E-state index in [0.717, 1.165) is 12.8 Å². The molecule has 1 heterocycles. The lowest BCUT2D eigenvalue weighted by atomic mass is 9.98. The average Bonchev–Trinajstić information content (AvgIpc) is 2.74. The molecule has 1 aliphatic heterocycles. The molecular formula is C22H26Cl2N2O3S. The van der Waals surface area contributed by atoms with Crippen molar-refractivity contribution in [1.29, 1.82) is 0 Å². The van der Waals surface area contributed by atoms with Gasteiger partial charge in [-0.1, -0.05) is 53.5 Å². The fourth-order valence-electron chi connectivity index (χ4n) is 3.65. The minimum atomic E-state index is -3.82. The van der Waals surface area contributed by atoms with Gasteiger partial charge in [0, 0.05) is 24.2 Å². The second-order valence-electron chi connectivity index (χ2n) is 7.71. The van der Waals surface area contributed by atoms with E-state index in [9.17, 15) is 13.2 Å². The van der Waals surface area contributed by atoms with Crippen molar-refractivity contribution in [2.75, 3.05) is 13.1 Å². The summed E-state index contributed by atoms with van der Waals surface area (Å²) in [7, 11) is -3.82. The Kier molecular flexibility index (Phi) is 7.80. The van der Waals surface area contributed by atoms with Crippen molar-refractivity contribution in [3.05, 3.63) is 64.1 Å². The van der Waals surface area contributed by atoms with Crippen molar-refractivity contribution < 1.29 is 13.2 Å². The molecule has 2 aromatic rings. The van der Waals surface area contributed by atoms with Crippen LogP contribution in [0.5, 0.6) is 0 Å². The lowest BCUT2D eigenvalue weighted by Crippen LogP contribution is -2.47. The molecule has 0 aliphatic carbocycles. The third kappa shape index (κ3) is 5.76. The van der Waals surface area contributed by atoms with Gasteiger partial charge in [0.1, 0.15) is 4.90 Å². The normalized spacial score (nSPS) is 18.7. The van der Waals surface area contributed by atoms with Gasteiger partial charge in [-0.2, -0.15) is 4.31 Å². The molecule has 1 fully saturated rings. The zero-order valence-electron chi connectivity index (χ0n) is 16.9. The number of nitrogens with one attached hydrogen (secondary N) is 1. The van der Waals surface area contributed by atoms with Crippen molar-refractivity contribution in [3.63, 3.8) is 0 Å². The van der Waals surface area contributed by atoms with Crippen LogP contribution in [0.2, 0.25) is 10.0 Å². The Morgan fingerprint density at radius 2 is 1.93 bits per heavy atom. The van der Waals surface area contributed by atoms with E-state index in [1.807, 2.05) is 25.1 Å². The van der Waals surface area contributed by atoms with E-state index in [1.165, 1.54) is 22.0 Å². The molecule has 2 aromatic carbocycles. The number of benzene rings is 2. The van der Waals surface area contributed by atoms with Crippen molar-refractivity contribution >= 4 is 39.1 Å². The van der Waals surface area contributed by atoms with Crippen molar-refractivity contribution in [2.24, 2.45) is 5.92 Å².